The van der Waals surface area contributed by atoms with Crippen LogP contribution in [0.4, 0.5) is 13.2 Å². The molecule has 45 heavy (non-hydrogen) atoms. The first kappa shape index (κ1) is 28.7. The van der Waals surface area contributed by atoms with Gasteiger partial charge in [0.15, 0.2) is 5.54 Å². The third-order valence-electron chi connectivity index (χ3n) is 7.89. The predicted octanol–water partition coefficient (Wildman–Crippen LogP) is 9.51. The van der Waals surface area contributed by atoms with Gasteiger partial charge in [-0.3, -0.25) is 0 Å². The van der Waals surface area contributed by atoms with Crippen molar-refractivity contribution in [2.24, 2.45) is 0 Å². The first-order valence-corrected chi connectivity index (χ1v) is 15.3. The molecule has 5 nitrogen and oxygen atoms in total. The van der Waals surface area contributed by atoms with Gasteiger partial charge in [-0.1, -0.05) is 137 Å². The molecule has 0 spiro atoms. The van der Waals surface area contributed by atoms with E-state index >= 15 is 0 Å². The normalized spacial score (nSPS) is 12.1. The van der Waals surface area contributed by atoms with Gasteiger partial charge in [-0.15, -0.1) is 15.0 Å². The fraction of sp³-hybridized carbons (Fsp3) is 0.0833. The smallest absolute Gasteiger partial charge is 0.420 e. The quantitative estimate of drug-likeness (QED) is 0.126. The molecule has 2 heterocycles. The minimum atomic E-state index is -4.67. The van der Waals surface area contributed by atoms with Gasteiger partial charge in [-0.05, 0) is 39.6 Å². The van der Waals surface area contributed by atoms with Crippen molar-refractivity contribution in [1.29, 1.82) is 0 Å². The Labute approximate surface area is 265 Å². The van der Waals surface area contributed by atoms with Crippen LogP contribution in [0.25, 0.3) is 33.7 Å². The lowest BCUT2D eigenvalue weighted by Crippen LogP contribution is -2.39. The number of fused-ring (bicyclic) bond motifs is 1. The highest BCUT2D eigenvalue weighted by Gasteiger charge is 2.42. The molecule has 0 aliphatic rings. The summed E-state index contributed by atoms with van der Waals surface area (Å²) >= 11 is 3.34. The first-order chi connectivity index (χ1) is 21.9. The van der Waals surface area contributed by atoms with Crippen molar-refractivity contribution in [3.8, 4) is 22.7 Å². The summed E-state index contributed by atoms with van der Waals surface area (Å²) in [5.74, 6) is -0.135. The first-order valence-electron chi connectivity index (χ1n) is 14.2. The van der Waals surface area contributed by atoms with Crippen LogP contribution in [0.5, 0.6) is 0 Å². The molecule has 0 atom stereocenters. The summed E-state index contributed by atoms with van der Waals surface area (Å²) in [6.45, 7) is 0. The molecular formula is C36H24BrF3N4O. The molecule has 9 heteroatoms. The van der Waals surface area contributed by atoms with Gasteiger partial charge in [0.05, 0.1) is 0 Å². The molecule has 0 radical (unpaired) electrons. The largest absolute Gasteiger partial charge is 0.455 e. The highest BCUT2D eigenvalue weighted by atomic mass is 79.9. The molecule has 0 N–H and O–H groups in total. The lowest BCUT2D eigenvalue weighted by molar-refractivity contribution is -0.136. The van der Waals surface area contributed by atoms with Crippen molar-refractivity contribution in [2.75, 3.05) is 0 Å². The van der Waals surface area contributed by atoms with E-state index in [0.29, 0.717) is 16.5 Å². The van der Waals surface area contributed by atoms with E-state index in [0.717, 1.165) is 16.7 Å². The highest BCUT2D eigenvalue weighted by Crippen LogP contribution is 2.46. The average Bonchev–Trinajstić information content (AvgIpc) is 3.72. The van der Waals surface area contributed by atoms with Crippen LogP contribution in [0, 0.1) is 0 Å². The van der Waals surface area contributed by atoms with Crippen LogP contribution >= 0.6 is 15.9 Å². The Morgan fingerprint density at radius 3 is 1.73 bits per heavy atom. The topological polar surface area (TPSA) is 56.7 Å². The average molecular weight is 666 g/mol. The third kappa shape index (κ3) is 4.93. The Balaban J connectivity index is 1.47. The summed E-state index contributed by atoms with van der Waals surface area (Å²) < 4.78 is 50.0. The van der Waals surface area contributed by atoms with E-state index in [2.05, 4.69) is 26.2 Å². The molecule has 7 aromatic rings. The fourth-order valence-corrected chi connectivity index (χ4v) is 6.27. The summed E-state index contributed by atoms with van der Waals surface area (Å²) in [7, 11) is 0. The molecule has 0 bridgehead atoms. The molecule has 222 valence electrons. The Bertz CT molecular complexity index is 2000. The van der Waals surface area contributed by atoms with Crippen LogP contribution in [0.2, 0.25) is 0 Å². The van der Waals surface area contributed by atoms with Gasteiger partial charge in [0, 0.05) is 21.8 Å². The van der Waals surface area contributed by atoms with E-state index in [1.165, 1.54) is 6.07 Å². The molecule has 5 aromatic carbocycles. The fourth-order valence-electron chi connectivity index (χ4n) is 5.92. The SMILES string of the molecule is FC(F)(F)c1c(-c2ccccc2-c2nnn(C(c3ccccc3)(c3ccccc3)c3ccccc3)n2)oc2ccc(CBr)cc12. The van der Waals surface area contributed by atoms with Crippen LogP contribution in [-0.2, 0) is 17.0 Å². The van der Waals surface area contributed by atoms with Crippen LogP contribution in [0.1, 0.15) is 27.8 Å². The number of aromatic nitrogens is 4. The number of tetrazole rings is 1. The van der Waals surface area contributed by atoms with Crippen molar-refractivity contribution in [2.45, 2.75) is 17.0 Å². The molecular weight excluding hydrogens is 641 g/mol. The molecule has 0 aliphatic carbocycles. The number of nitrogens with zero attached hydrogens (tertiary/aromatic N) is 4. The van der Waals surface area contributed by atoms with E-state index < -0.39 is 17.3 Å². The van der Waals surface area contributed by atoms with E-state index in [1.54, 1.807) is 41.2 Å². The lowest BCUT2D eigenvalue weighted by atomic mass is 9.77. The monoisotopic (exact) mass is 664 g/mol. The van der Waals surface area contributed by atoms with E-state index in [4.69, 9.17) is 9.52 Å². The Morgan fingerprint density at radius 1 is 0.667 bits per heavy atom. The van der Waals surface area contributed by atoms with Gasteiger partial charge in [0.25, 0.3) is 0 Å². The number of rotatable bonds is 7. The lowest BCUT2D eigenvalue weighted by Gasteiger charge is -2.34. The maximum atomic E-state index is 14.7. The molecule has 0 amide bonds. The highest BCUT2D eigenvalue weighted by molar-refractivity contribution is 9.08. The van der Waals surface area contributed by atoms with Gasteiger partial charge < -0.3 is 4.42 Å². The zero-order valence-corrected chi connectivity index (χ0v) is 25.2. The molecule has 0 saturated carbocycles. The van der Waals surface area contributed by atoms with Crippen LogP contribution in [0.3, 0.4) is 0 Å². The van der Waals surface area contributed by atoms with E-state index in [1.807, 2.05) is 91.0 Å². The van der Waals surface area contributed by atoms with Crippen molar-refractivity contribution < 1.29 is 17.6 Å². The minimum Gasteiger partial charge on any atom is -0.455 e. The summed E-state index contributed by atoms with van der Waals surface area (Å²) in [5.41, 5.74) is 2.21. The summed E-state index contributed by atoms with van der Waals surface area (Å²) in [6.07, 6.45) is -4.67. The zero-order chi connectivity index (χ0) is 31.0. The van der Waals surface area contributed by atoms with Crippen LogP contribution in [-0.4, -0.2) is 20.2 Å². The number of alkyl halides is 4. The Morgan fingerprint density at radius 2 is 1.20 bits per heavy atom. The number of benzene rings is 5. The van der Waals surface area contributed by atoms with Gasteiger partial charge in [0.1, 0.15) is 16.9 Å². The van der Waals surface area contributed by atoms with Crippen LogP contribution < -0.4 is 0 Å². The van der Waals surface area contributed by atoms with Gasteiger partial charge in [0.2, 0.25) is 5.82 Å². The van der Waals surface area contributed by atoms with Crippen molar-refractivity contribution in [1.82, 2.24) is 20.2 Å². The molecule has 2 aromatic heterocycles. The number of furan rings is 1. The predicted molar refractivity (Wildman–Crippen MR) is 171 cm³/mol. The second-order valence-electron chi connectivity index (χ2n) is 10.5. The van der Waals surface area contributed by atoms with Crippen LogP contribution in [0.15, 0.2) is 138 Å². The number of hydrogen-bond acceptors (Lipinski definition) is 4. The number of hydrogen-bond donors (Lipinski definition) is 0. The van der Waals surface area contributed by atoms with Gasteiger partial charge in [-0.2, -0.15) is 13.2 Å². The summed E-state index contributed by atoms with van der Waals surface area (Å²) in [5, 5.41) is 14.3. The maximum Gasteiger partial charge on any atom is 0.420 e. The Hall–Kier alpha value is -5.02. The summed E-state index contributed by atoms with van der Waals surface area (Å²) in [4.78, 5) is 1.55. The second-order valence-corrected chi connectivity index (χ2v) is 11.1. The maximum absolute atomic E-state index is 14.7. The van der Waals surface area contributed by atoms with Crippen molar-refractivity contribution >= 4 is 26.9 Å². The van der Waals surface area contributed by atoms with Gasteiger partial charge >= 0.3 is 6.18 Å². The van der Waals surface area contributed by atoms with Crippen molar-refractivity contribution in [3.05, 3.63) is 161 Å². The number of halogens is 4. The molecule has 0 saturated heterocycles. The minimum absolute atomic E-state index is 0.00267. The molecule has 0 unspecified atom stereocenters. The Kier molecular flexibility index (Phi) is 7.33. The summed E-state index contributed by atoms with van der Waals surface area (Å²) in [6, 6.07) is 41.0. The molecule has 0 aliphatic heterocycles. The van der Waals surface area contributed by atoms with E-state index in [-0.39, 0.29) is 28.1 Å². The zero-order valence-electron chi connectivity index (χ0n) is 23.6. The standard InChI is InChI=1S/C36H24BrF3N4O/c37-23-24-20-21-31-30(22-24)32(36(38,39)40)33(45-31)28-18-10-11-19-29(28)34-41-43-44(42-34)35(25-12-4-1-5-13-25,26-14-6-2-7-15-26)27-16-8-3-9-17-27/h1-22H,23H2. The second kappa shape index (κ2) is 11.5. The molecule has 0 fully saturated rings. The molecule has 7 rings (SSSR count). The third-order valence-corrected chi connectivity index (χ3v) is 8.54. The van der Waals surface area contributed by atoms with Crippen molar-refractivity contribution in [3.63, 3.8) is 0 Å². The van der Waals surface area contributed by atoms with E-state index in [9.17, 15) is 13.2 Å². The van der Waals surface area contributed by atoms with Gasteiger partial charge in [-0.25, -0.2) is 0 Å².